The van der Waals surface area contributed by atoms with Gasteiger partial charge in [0.05, 0.1) is 12.6 Å². The minimum Gasteiger partial charge on any atom is -0.350 e. The maximum atomic E-state index is 11.9. The molecular formula is C13H22N2OS. The largest absolute Gasteiger partial charge is 0.350 e. The Kier molecular flexibility index (Phi) is 4.71. The van der Waals surface area contributed by atoms with Crippen molar-refractivity contribution in [3.63, 3.8) is 0 Å². The van der Waals surface area contributed by atoms with Gasteiger partial charge in [-0.3, -0.25) is 4.79 Å². The number of nitrogens with one attached hydrogen (secondary N) is 1. The van der Waals surface area contributed by atoms with Crippen LogP contribution in [0.25, 0.3) is 0 Å². The highest BCUT2D eigenvalue weighted by Gasteiger charge is 2.27. The summed E-state index contributed by atoms with van der Waals surface area (Å²) in [7, 11) is 0. The van der Waals surface area contributed by atoms with E-state index in [1.807, 2.05) is 20.8 Å². The number of carbonyl (C=O) groups is 1. The molecule has 0 aliphatic carbocycles. The fourth-order valence-electron chi connectivity index (χ4n) is 1.51. The first kappa shape index (κ1) is 14.2. The molecule has 3 N–H and O–H groups in total. The Morgan fingerprint density at radius 3 is 2.71 bits per heavy atom. The molecule has 0 fully saturated rings. The molecule has 0 aromatic carbocycles. The number of amides is 1. The van der Waals surface area contributed by atoms with Gasteiger partial charge in [-0.2, -0.15) is 0 Å². The zero-order valence-electron chi connectivity index (χ0n) is 11.0. The molecule has 17 heavy (non-hydrogen) atoms. The van der Waals surface area contributed by atoms with Crippen molar-refractivity contribution < 1.29 is 4.79 Å². The molecule has 0 radical (unpaired) electrons. The molecule has 1 aromatic heterocycles. The van der Waals surface area contributed by atoms with Crippen LogP contribution in [0.2, 0.25) is 0 Å². The second kappa shape index (κ2) is 5.65. The maximum absolute atomic E-state index is 11.9. The van der Waals surface area contributed by atoms with Crippen LogP contribution in [0.15, 0.2) is 11.4 Å². The fourth-order valence-corrected chi connectivity index (χ4v) is 2.42. The Labute approximate surface area is 107 Å². The van der Waals surface area contributed by atoms with Crippen molar-refractivity contribution in [1.29, 1.82) is 0 Å². The topological polar surface area (TPSA) is 55.1 Å². The van der Waals surface area contributed by atoms with E-state index in [9.17, 15) is 4.79 Å². The molecule has 0 aliphatic heterocycles. The molecule has 3 nitrogen and oxygen atoms in total. The van der Waals surface area contributed by atoms with Gasteiger partial charge in [0.15, 0.2) is 0 Å². The third-order valence-corrected chi connectivity index (χ3v) is 3.82. The van der Waals surface area contributed by atoms with E-state index in [1.54, 1.807) is 11.3 Å². The highest BCUT2D eigenvalue weighted by molar-refractivity contribution is 7.10. The molecule has 1 aromatic rings. The molecule has 0 unspecified atom stereocenters. The third-order valence-electron chi connectivity index (χ3n) is 2.86. The molecule has 1 rings (SSSR count). The number of rotatable bonds is 4. The van der Waals surface area contributed by atoms with Crippen LogP contribution in [-0.4, -0.2) is 11.9 Å². The van der Waals surface area contributed by atoms with Gasteiger partial charge >= 0.3 is 0 Å². The summed E-state index contributed by atoms with van der Waals surface area (Å²) in [6, 6.07) is 1.64. The van der Waals surface area contributed by atoms with E-state index < -0.39 is 6.04 Å². The Balaban J connectivity index is 2.54. The second-order valence-corrected chi connectivity index (χ2v) is 6.28. The molecule has 1 heterocycles. The van der Waals surface area contributed by atoms with E-state index in [-0.39, 0.29) is 11.3 Å². The summed E-state index contributed by atoms with van der Waals surface area (Å²) in [6.45, 7) is 8.62. The summed E-state index contributed by atoms with van der Waals surface area (Å²) < 4.78 is 0. The predicted octanol–water partition coefficient (Wildman–Crippen LogP) is 2.30. The van der Waals surface area contributed by atoms with Crippen molar-refractivity contribution in [2.45, 2.75) is 46.7 Å². The fraction of sp³-hybridized carbons (Fsp3) is 0.615. The van der Waals surface area contributed by atoms with Crippen LogP contribution < -0.4 is 11.1 Å². The molecule has 1 amide bonds. The van der Waals surface area contributed by atoms with Crippen molar-refractivity contribution in [1.82, 2.24) is 5.32 Å². The van der Waals surface area contributed by atoms with Gasteiger partial charge in [0.25, 0.3) is 0 Å². The lowest BCUT2D eigenvalue weighted by Crippen LogP contribution is -2.48. The molecule has 0 saturated carbocycles. The van der Waals surface area contributed by atoms with Crippen molar-refractivity contribution in [2.75, 3.05) is 0 Å². The lowest BCUT2D eigenvalue weighted by atomic mass is 9.87. The van der Waals surface area contributed by atoms with Gasteiger partial charge in [0.1, 0.15) is 0 Å². The monoisotopic (exact) mass is 254 g/mol. The van der Waals surface area contributed by atoms with Crippen molar-refractivity contribution >= 4 is 17.2 Å². The number of aryl methyl sites for hydroxylation is 1. The number of thiophene rings is 1. The lowest BCUT2D eigenvalue weighted by Gasteiger charge is -2.25. The Morgan fingerprint density at radius 2 is 2.18 bits per heavy atom. The van der Waals surface area contributed by atoms with E-state index in [0.29, 0.717) is 6.54 Å². The van der Waals surface area contributed by atoms with Crippen LogP contribution in [0.3, 0.4) is 0 Å². The standard InChI is InChI=1S/C13H22N2OS/c1-5-9-6-7-17-10(9)8-15-12(16)11(14)13(2,3)4/h6-7,11H,5,8,14H2,1-4H3,(H,15,16)/t11-/m1/s1. The molecule has 1 atom stereocenters. The van der Waals surface area contributed by atoms with Gasteiger partial charge in [0, 0.05) is 4.88 Å². The van der Waals surface area contributed by atoms with Crippen molar-refractivity contribution in [2.24, 2.45) is 11.1 Å². The van der Waals surface area contributed by atoms with Crippen molar-refractivity contribution in [3.8, 4) is 0 Å². The summed E-state index contributed by atoms with van der Waals surface area (Å²) in [6.07, 6.45) is 1.00. The van der Waals surface area contributed by atoms with E-state index in [4.69, 9.17) is 5.73 Å². The van der Waals surface area contributed by atoms with Crippen LogP contribution in [0, 0.1) is 5.41 Å². The van der Waals surface area contributed by atoms with Crippen LogP contribution in [0.5, 0.6) is 0 Å². The van der Waals surface area contributed by atoms with Crippen LogP contribution in [0.4, 0.5) is 0 Å². The number of carbonyl (C=O) groups excluding carboxylic acids is 1. The van der Waals surface area contributed by atoms with Crippen LogP contribution in [-0.2, 0) is 17.8 Å². The normalized spacial score (nSPS) is 13.5. The Morgan fingerprint density at radius 1 is 1.53 bits per heavy atom. The van der Waals surface area contributed by atoms with E-state index >= 15 is 0 Å². The predicted molar refractivity (Wildman–Crippen MR) is 73.0 cm³/mol. The number of hydrogen-bond acceptors (Lipinski definition) is 3. The highest BCUT2D eigenvalue weighted by atomic mass is 32.1. The Bertz CT molecular complexity index is 379. The summed E-state index contributed by atoms with van der Waals surface area (Å²) >= 11 is 1.68. The minimum absolute atomic E-state index is 0.0760. The molecular weight excluding hydrogens is 232 g/mol. The van der Waals surface area contributed by atoms with E-state index in [0.717, 1.165) is 6.42 Å². The first-order chi connectivity index (χ1) is 7.86. The number of nitrogens with two attached hydrogens (primary N) is 1. The van der Waals surface area contributed by atoms with Crippen molar-refractivity contribution in [3.05, 3.63) is 21.9 Å². The molecule has 0 bridgehead atoms. The van der Waals surface area contributed by atoms with Gasteiger partial charge in [-0.05, 0) is 28.8 Å². The lowest BCUT2D eigenvalue weighted by molar-refractivity contribution is -0.124. The first-order valence-electron chi connectivity index (χ1n) is 5.94. The SMILES string of the molecule is CCc1ccsc1CNC(=O)[C@@H](N)C(C)(C)C. The summed E-state index contributed by atoms with van der Waals surface area (Å²) in [5.74, 6) is -0.0760. The van der Waals surface area contributed by atoms with E-state index in [2.05, 4.69) is 23.7 Å². The second-order valence-electron chi connectivity index (χ2n) is 5.28. The molecule has 4 heteroatoms. The summed E-state index contributed by atoms with van der Waals surface area (Å²) in [5, 5.41) is 4.97. The average molecular weight is 254 g/mol. The van der Waals surface area contributed by atoms with E-state index in [1.165, 1.54) is 10.4 Å². The molecule has 0 saturated heterocycles. The average Bonchev–Trinajstić information content (AvgIpc) is 2.70. The zero-order chi connectivity index (χ0) is 13.1. The highest BCUT2D eigenvalue weighted by Crippen LogP contribution is 2.19. The van der Waals surface area contributed by atoms with Gasteiger partial charge in [-0.25, -0.2) is 0 Å². The van der Waals surface area contributed by atoms with Gasteiger partial charge in [-0.1, -0.05) is 27.7 Å². The molecule has 0 spiro atoms. The van der Waals surface area contributed by atoms with Gasteiger partial charge < -0.3 is 11.1 Å². The molecule has 96 valence electrons. The first-order valence-corrected chi connectivity index (χ1v) is 6.82. The summed E-state index contributed by atoms with van der Waals surface area (Å²) in [5.41, 5.74) is 7.00. The molecule has 0 aliphatic rings. The van der Waals surface area contributed by atoms with Gasteiger partial charge in [0.2, 0.25) is 5.91 Å². The third kappa shape index (κ3) is 3.82. The quantitative estimate of drug-likeness (QED) is 0.866. The smallest absolute Gasteiger partial charge is 0.237 e. The van der Waals surface area contributed by atoms with Gasteiger partial charge in [-0.15, -0.1) is 11.3 Å². The number of hydrogen-bond donors (Lipinski definition) is 2. The maximum Gasteiger partial charge on any atom is 0.237 e. The van der Waals surface area contributed by atoms with Crippen LogP contribution in [0.1, 0.15) is 38.1 Å². The Hall–Kier alpha value is -0.870. The minimum atomic E-state index is -0.465. The summed E-state index contributed by atoms with van der Waals surface area (Å²) in [4.78, 5) is 13.1. The van der Waals surface area contributed by atoms with Crippen LogP contribution >= 0.6 is 11.3 Å². The zero-order valence-corrected chi connectivity index (χ0v) is 11.9.